The zero-order valence-electron chi connectivity index (χ0n) is 13.0. The topological polar surface area (TPSA) is 106 Å². The molecule has 0 saturated carbocycles. The molecule has 0 aliphatic carbocycles. The Kier molecular flexibility index (Phi) is 4.29. The summed E-state index contributed by atoms with van der Waals surface area (Å²) in [6, 6.07) is 6.67. The Morgan fingerprint density at radius 3 is 2.79 bits per heavy atom. The maximum Gasteiger partial charge on any atom is 0.273 e. The highest BCUT2D eigenvalue weighted by molar-refractivity contribution is 7.90. The molecule has 0 fully saturated rings. The van der Waals surface area contributed by atoms with Gasteiger partial charge in [-0.05, 0) is 0 Å². The van der Waals surface area contributed by atoms with E-state index in [2.05, 4.69) is 14.9 Å². The van der Waals surface area contributed by atoms with Crippen molar-refractivity contribution in [1.29, 1.82) is 0 Å². The summed E-state index contributed by atoms with van der Waals surface area (Å²) in [6.07, 6.45) is 3.20. The molecule has 0 spiro atoms. The van der Waals surface area contributed by atoms with E-state index in [-0.39, 0.29) is 15.8 Å². The molecule has 1 aliphatic heterocycles. The van der Waals surface area contributed by atoms with Crippen LogP contribution in [0, 0.1) is 10.1 Å². The number of hydrogen-bond acceptors (Lipinski definition) is 7. The summed E-state index contributed by atoms with van der Waals surface area (Å²) in [5, 5.41) is 10.9. The number of hydrogen-bond donors (Lipinski definition) is 0. The molecule has 1 aromatic heterocycles. The first-order valence-electron chi connectivity index (χ1n) is 7.34. The van der Waals surface area contributed by atoms with Crippen LogP contribution in [0.2, 0.25) is 0 Å². The third-order valence-electron chi connectivity index (χ3n) is 3.90. The molecule has 9 heteroatoms. The molecule has 1 aliphatic rings. The molecule has 0 N–H and O–H groups in total. The van der Waals surface area contributed by atoms with Gasteiger partial charge in [-0.15, -0.1) is 0 Å². The maximum atomic E-state index is 11.5. The van der Waals surface area contributed by atoms with E-state index in [9.17, 15) is 18.5 Å². The number of nitro benzene ring substituents is 1. The van der Waals surface area contributed by atoms with Gasteiger partial charge in [0.05, 0.1) is 10.6 Å². The molecule has 2 heterocycles. The van der Waals surface area contributed by atoms with Crippen molar-refractivity contribution in [3.05, 3.63) is 57.4 Å². The number of rotatable bonds is 4. The van der Waals surface area contributed by atoms with E-state index in [0.29, 0.717) is 31.6 Å². The van der Waals surface area contributed by atoms with Gasteiger partial charge in [-0.2, -0.15) is 0 Å². The molecule has 126 valence electrons. The van der Waals surface area contributed by atoms with Crippen LogP contribution < -0.4 is 0 Å². The van der Waals surface area contributed by atoms with Crippen LogP contribution in [-0.2, 0) is 29.3 Å². The van der Waals surface area contributed by atoms with E-state index in [1.807, 2.05) is 0 Å². The minimum Gasteiger partial charge on any atom is -0.294 e. The van der Waals surface area contributed by atoms with Gasteiger partial charge in [-0.3, -0.25) is 15.0 Å². The Morgan fingerprint density at radius 1 is 1.33 bits per heavy atom. The largest absolute Gasteiger partial charge is 0.294 e. The number of sulfone groups is 1. The molecule has 3 rings (SSSR count). The summed E-state index contributed by atoms with van der Waals surface area (Å²) in [7, 11) is -3.42. The Labute approximate surface area is 139 Å². The Balaban J connectivity index is 1.80. The second-order valence-electron chi connectivity index (χ2n) is 5.74. The summed E-state index contributed by atoms with van der Waals surface area (Å²) < 4.78 is 23.1. The van der Waals surface area contributed by atoms with Gasteiger partial charge in [-0.1, -0.05) is 18.2 Å². The van der Waals surface area contributed by atoms with Crippen LogP contribution in [0.15, 0.2) is 35.6 Å². The van der Waals surface area contributed by atoms with Gasteiger partial charge < -0.3 is 0 Å². The van der Waals surface area contributed by atoms with Crippen molar-refractivity contribution in [3.8, 4) is 0 Å². The van der Waals surface area contributed by atoms with Crippen LogP contribution in [0.4, 0.5) is 5.69 Å². The number of fused-ring (bicyclic) bond motifs is 1. The first-order valence-corrected chi connectivity index (χ1v) is 9.23. The lowest BCUT2D eigenvalue weighted by Gasteiger charge is -2.27. The molecule has 0 unspecified atom stereocenters. The standard InChI is InChI=1S/C15H16N4O4S/c1-24(22,23)15-16-8-12-10-18(7-6-13(12)17-15)9-11-4-2-3-5-14(11)19(20)21/h2-5,8H,6-7,9-10H2,1H3. The van der Waals surface area contributed by atoms with Crippen molar-refractivity contribution < 1.29 is 13.3 Å². The molecule has 0 atom stereocenters. The van der Waals surface area contributed by atoms with Crippen LogP contribution in [0.5, 0.6) is 0 Å². The SMILES string of the molecule is CS(=O)(=O)c1ncc2c(n1)CCN(Cc1ccccc1[N+](=O)[O-])C2. The molecule has 1 aromatic carbocycles. The van der Waals surface area contributed by atoms with Crippen molar-refractivity contribution in [3.63, 3.8) is 0 Å². The van der Waals surface area contributed by atoms with Crippen molar-refractivity contribution >= 4 is 15.5 Å². The van der Waals surface area contributed by atoms with Gasteiger partial charge >= 0.3 is 0 Å². The molecule has 2 aromatic rings. The van der Waals surface area contributed by atoms with Gasteiger partial charge in [0.2, 0.25) is 15.0 Å². The smallest absolute Gasteiger partial charge is 0.273 e. The van der Waals surface area contributed by atoms with Crippen LogP contribution in [0.1, 0.15) is 16.8 Å². The average molecular weight is 348 g/mol. The van der Waals surface area contributed by atoms with Crippen molar-refractivity contribution in [2.45, 2.75) is 24.7 Å². The van der Waals surface area contributed by atoms with Crippen molar-refractivity contribution in [2.75, 3.05) is 12.8 Å². The number of para-hydroxylation sites is 1. The summed E-state index contributed by atoms with van der Waals surface area (Å²) in [6.45, 7) is 1.63. The van der Waals surface area contributed by atoms with Crippen molar-refractivity contribution in [2.24, 2.45) is 0 Å². The quantitative estimate of drug-likeness (QED) is 0.466. The number of benzene rings is 1. The van der Waals surface area contributed by atoms with Crippen LogP contribution in [-0.4, -0.2) is 41.0 Å². The predicted octanol–water partition coefficient (Wildman–Crippen LogP) is 1.35. The molecule has 0 amide bonds. The Hall–Kier alpha value is -2.39. The monoisotopic (exact) mass is 348 g/mol. The molecule has 0 bridgehead atoms. The predicted molar refractivity (Wildman–Crippen MR) is 86.1 cm³/mol. The lowest BCUT2D eigenvalue weighted by molar-refractivity contribution is -0.385. The lowest BCUT2D eigenvalue weighted by Crippen LogP contribution is -2.31. The molecule has 24 heavy (non-hydrogen) atoms. The van der Waals surface area contributed by atoms with E-state index in [4.69, 9.17) is 0 Å². The molecule has 8 nitrogen and oxygen atoms in total. The van der Waals surface area contributed by atoms with Gasteiger partial charge in [0.15, 0.2) is 0 Å². The normalized spacial score (nSPS) is 15.0. The van der Waals surface area contributed by atoms with Gasteiger partial charge in [-0.25, -0.2) is 18.4 Å². The Morgan fingerprint density at radius 2 is 2.08 bits per heavy atom. The maximum absolute atomic E-state index is 11.5. The summed E-state index contributed by atoms with van der Waals surface area (Å²) >= 11 is 0. The highest BCUT2D eigenvalue weighted by atomic mass is 32.2. The molecule has 0 saturated heterocycles. The fourth-order valence-corrected chi connectivity index (χ4v) is 3.25. The fourth-order valence-electron chi connectivity index (χ4n) is 2.73. The molecular formula is C15H16N4O4S. The summed E-state index contributed by atoms with van der Waals surface area (Å²) in [5.74, 6) is 0. The van der Waals surface area contributed by atoms with Gasteiger partial charge in [0.25, 0.3) is 5.69 Å². The highest BCUT2D eigenvalue weighted by Crippen LogP contribution is 2.23. The zero-order valence-corrected chi connectivity index (χ0v) is 13.9. The lowest BCUT2D eigenvalue weighted by atomic mass is 10.1. The minimum atomic E-state index is -3.42. The van der Waals surface area contributed by atoms with Crippen LogP contribution >= 0.6 is 0 Å². The average Bonchev–Trinajstić information content (AvgIpc) is 2.53. The van der Waals surface area contributed by atoms with E-state index >= 15 is 0 Å². The third-order valence-corrected chi connectivity index (χ3v) is 4.76. The Bertz CT molecular complexity index is 898. The molecular weight excluding hydrogens is 332 g/mol. The fraction of sp³-hybridized carbons (Fsp3) is 0.333. The second kappa shape index (κ2) is 6.25. The van der Waals surface area contributed by atoms with E-state index < -0.39 is 9.84 Å². The third kappa shape index (κ3) is 3.41. The van der Waals surface area contributed by atoms with E-state index in [0.717, 1.165) is 17.5 Å². The number of nitrogens with zero attached hydrogens (tertiary/aromatic N) is 4. The van der Waals surface area contributed by atoms with Gasteiger partial charge in [0.1, 0.15) is 0 Å². The van der Waals surface area contributed by atoms with E-state index in [1.165, 1.54) is 12.3 Å². The highest BCUT2D eigenvalue weighted by Gasteiger charge is 2.23. The summed E-state index contributed by atoms with van der Waals surface area (Å²) in [5.41, 5.74) is 2.34. The van der Waals surface area contributed by atoms with Crippen LogP contribution in [0.25, 0.3) is 0 Å². The number of aromatic nitrogens is 2. The van der Waals surface area contributed by atoms with E-state index in [1.54, 1.807) is 18.2 Å². The summed E-state index contributed by atoms with van der Waals surface area (Å²) in [4.78, 5) is 20.8. The second-order valence-corrected chi connectivity index (χ2v) is 7.65. The van der Waals surface area contributed by atoms with Gasteiger partial charge in [0, 0.05) is 55.7 Å². The first-order chi connectivity index (χ1) is 11.3. The molecule has 0 radical (unpaired) electrons. The van der Waals surface area contributed by atoms with Crippen molar-refractivity contribution in [1.82, 2.24) is 14.9 Å². The zero-order chi connectivity index (χ0) is 17.3. The first kappa shape index (κ1) is 16.5. The minimum absolute atomic E-state index is 0.104. The van der Waals surface area contributed by atoms with Crippen LogP contribution in [0.3, 0.4) is 0 Å². The number of nitro groups is 1.